The molecule has 0 radical (unpaired) electrons. The Morgan fingerprint density at radius 3 is 2.47 bits per heavy atom. The van der Waals surface area contributed by atoms with Gasteiger partial charge in [0, 0.05) is 18.7 Å². The lowest BCUT2D eigenvalue weighted by molar-refractivity contribution is 0.0767. The van der Waals surface area contributed by atoms with Crippen LogP contribution in [0.4, 0.5) is 0 Å². The predicted molar refractivity (Wildman–Crippen MR) is 115 cm³/mol. The van der Waals surface area contributed by atoms with Crippen LogP contribution < -0.4 is 0 Å². The summed E-state index contributed by atoms with van der Waals surface area (Å²) in [7, 11) is 0. The average molecular weight is 395 g/mol. The Kier molecular flexibility index (Phi) is 5.53. The highest BCUT2D eigenvalue weighted by molar-refractivity contribution is 6.06. The molecule has 6 nitrogen and oxygen atoms in total. The maximum Gasteiger partial charge on any atom is 0.255 e. The van der Waals surface area contributed by atoms with Crippen molar-refractivity contribution in [1.29, 1.82) is 5.26 Å². The van der Waals surface area contributed by atoms with Gasteiger partial charge in [-0.3, -0.25) is 4.79 Å². The molecule has 2 aromatic heterocycles. The van der Waals surface area contributed by atoms with Gasteiger partial charge in [0.2, 0.25) is 0 Å². The molecule has 0 bridgehead atoms. The molecule has 148 valence electrons. The first-order chi connectivity index (χ1) is 14.7. The fourth-order valence-corrected chi connectivity index (χ4v) is 3.47. The first-order valence-electron chi connectivity index (χ1n) is 9.83. The van der Waals surface area contributed by atoms with Gasteiger partial charge in [0.15, 0.2) is 5.65 Å². The largest absolute Gasteiger partial charge is 0.321 e. The van der Waals surface area contributed by atoms with Crippen molar-refractivity contribution < 1.29 is 4.79 Å². The van der Waals surface area contributed by atoms with E-state index in [2.05, 4.69) is 11.2 Å². The number of carbonyl (C=O) groups excluding carboxylic acids is 1. The van der Waals surface area contributed by atoms with Gasteiger partial charge in [0.1, 0.15) is 6.54 Å². The van der Waals surface area contributed by atoms with E-state index in [0.717, 1.165) is 11.1 Å². The molecule has 0 atom stereocenters. The lowest BCUT2D eigenvalue weighted by Gasteiger charge is -2.20. The molecule has 4 rings (SSSR count). The van der Waals surface area contributed by atoms with Gasteiger partial charge >= 0.3 is 0 Å². The highest BCUT2D eigenvalue weighted by atomic mass is 16.2. The lowest BCUT2D eigenvalue weighted by atomic mass is 10.1. The van der Waals surface area contributed by atoms with E-state index in [1.807, 2.05) is 67.6 Å². The molecule has 0 aliphatic carbocycles. The van der Waals surface area contributed by atoms with Gasteiger partial charge in [-0.15, -0.1) is 0 Å². The average Bonchev–Trinajstić information content (AvgIpc) is 3.22. The molecular formula is C24H21N5O. The monoisotopic (exact) mass is 395 g/mol. The van der Waals surface area contributed by atoms with Crippen LogP contribution in [0.25, 0.3) is 22.3 Å². The molecule has 0 spiro atoms. The quantitative estimate of drug-likeness (QED) is 0.457. The highest BCUT2D eigenvalue weighted by Gasteiger charge is 2.22. The Hall–Kier alpha value is -3.98. The van der Waals surface area contributed by atoms with Gasteiger partial charge < -0.3 is 4.90 Å². The van der Waals surface area contributed by atoms with Crippen molar-refractivity contribution in [2.75, 3.05) is 6.54 Å². The van der Waals surface area contributed by atoms with E-state index in [1.54, 1.807) is 21.8 Å². The number of benzene rings is 2. The standard InChI is InChI=1S/C24H21N5O/c1-2-29-23-21(16-26-29)20(15-22(27-23)19-11-7-4-8-12-19)24(30)28(14-13-25)17-18-9-5-3-6-10-18/h3-12,15-16H,2,14,17H2,1H3. The van der Waals surface area contributed by atoms with E-state index in [1.165, 1.54) is 0 Å². The molecule has 0 aliphatic heterocycles. The van der Waals surface area contributed by atoms with Crippen molar-refractivity contribution in [2.45, 2.75) is 20.0 Å². The SMILES string of the molecule is CCn1ncc2c(C(=O)N(CC#N)Cc3ccccc3)cc(-c3ccccc3)nc21. The number of rotatable bonds is 6. The first-order valence-corrected chi connectivity index (χ1v) is 9.83. The van der Waals surface area contributed by atoms with Gasteiger partial charge in [-0.05, 0) is 18.6 Å². The van der Waals surface area contributed by atoms with Crippen LogP contribution in [-0.4, -0.2) is 32.1 Å². The van der Waals surface area contributed by atoms with Gasteiger partial charge in [-0.25, -0.2) is 9.67 Å². The number of hydrogen-bond donors (Lipinski definition) is 0. The Labute approximate surface area is 175 Å². The number of carbonyl (C=O) groups is 1. The van der Waals surface area contributed by atoms with E-state index in [-0.39, 0.29) is 12.5 Å². The third-order valence-corrected chi connectivity index (χ3v) is 4.97. The van der Waals surface area contributed by atoms with E-state index in [9.17, 15) is 10.1 Å². The summed E-state index contributed by atoms with van der Waals surface area (Å²) in [4.78, 5) is 19.9. The van der Waals surface area contributed by atoms with Crippen LogP contribution in [0, 0.1) is 11.3 Å². The van der Waals surface area contributed by atoms with Crippen molar-refractivity contribution in [3.8, 4) is 17.3 Å². The Morgan fingerprint density at radius 1 is 1.10 bits per heavy atom. The molecule has 2 aromatic carbocycles. The van der Waals surface area contributed by atoms with E-state index in [4.69, 9.17) is 4.98 Å². The maximum atomic E-state index is 13.5. The molecule has 30 heavy (non-hydrogen) atoms. The van der Waals surface area contributed by atoms with Crippen LogP contribution in [0.2, 0.25) is 0 Å². The number of nitriles is 1. The second kappa shape index (κ2) is 8.58. The summed E-state index contributed by atoms with van der Waals surface area (Å²) < 4.78 is 1.78. The topological polar surface area (TPSA) is 74.8 Å². The van der Waals surface area contributed by atoms with Crippen molar-refractivity contribution in [1.82, 2.24) is 19.7 Å². The smallest absolute Gasteiger partial charge is 0.255 e. The van der Waals surface area contributed by atoms with Crippen LogP contribution in [0.5, 0.6) is 0 Å². The summed E-state index contributed by atoms with van der Waals surface area (Å²) in [6.45, 7) is 3.00. The Bertz CT molecular complexity index is 1210. The van der Waals surface area contributed by atoms with Gasteiger partial charge in [-0.1, -0.05) is 60.7 Å². The molecule has 0 fully saturated rings. The van der Waals surface area contributed by atoms with Crippen LogP contribution >= 0.6 is 0 Å². The van der Waals surface area contributed by atoms with Gasteiger partial charge in [0.25, 0.3) is 5.91 Å². The number of hydrogen-bond acceptors (Lipinski definition) is 4. The zero-order valence-corrected chi connectivity index (χ0v) is 16.7. The molecular weight excluding hydrogens is 374 g/mol. The fourth-order valence-electron chi connectivity index (χ4n) is 3.47. The number of aryl methyl sites for hydroxylation is 1. The number of nitrogens with zero attached hydrogens (tertiary/aromatic N) is 5. The van der Waals surface area contributed by atoms with Crippen molar-refractivity contribution in [3.63, 3.8) is 0 Å². The lowest BCUT2D eigenvalue weighted by Crippen LogP contribution is -2.31. The molecule has 0 aliphatic rings. The van der Waals surface area contributed by atoms with E-state index >= 15 is 0 Å². The zero-order valence-electron chi connectivity index (χ0n) is 16.7. The van der Waals surface area contributed by atoms with Gasteiger partial charge in [0.05, 0.1) is 28.9 Å². The molecule has 0 N–H and O–H groups in total. The Balaban J connectivity index is 1.82. The van der Waals surface area contributed by atoms with Crippen molar-refractivity contribution in [3.05, 3.63) is 84.1 Å². The number of aromatic nitrogens is 3. The summed E-state index contributed by atoms with van der Waals surface area (Å²) in [6, 6.07) is 23.4. The highest BCUT2D eigenvalue weighted by Crippen LogP contribution is 2.26. The van der Waals surface area contributed by atoms with Crippen LogP contribution in [0.15, 0.2) is 72.9 Å². The molecule has 4 aromatic rings. The Morgan fingerprint density at radius 2 is 1.80 bits per heavy atom. The van der Waals surface area contributed by atoms with Crippen LogP contribution in [0.3, 0.4) is 0 Å². The fraction of sp³-hybridized carbons (Fsp3) is 0.167. The van der Waals surface area contributed by atoms with Crippen molar-refractivity contribution >= 4 is 16.9 Å². The zero-order chi connectivity index (χ0) is 20.9. The van der Waals surface area contributed by atoms with Crippen LogP contribution in [0.1, 0.15) is 22.8 Å². The molecule has 0 saturated heterocycles. The number of amides is 1. The predicted octanol–water partition coefficient (Wildman–Crippen LogP) is 4.28. The molecule has 0 unspecified atom stereocenters. The minimum Gasteiger partial charge on any atom is -0.321 e. The molecule has 6 heteroatoms. The normalized spacial score (nSPS) is 10.7. The van der Waals surface area contributed by atoms with E-state index in [0.29, 0.717) is 35.4 Å². The third kappa shape index (κ3) is 3.78. The number of pyridine rings is 1. The maximum absolute atomic E-state index is 13.5. The summed E-state index contributed by atoms with van der Waals surface area (Å²) >= 11 is 0. The van der Waals surface area contributed by atoms with Crippen molar-refractivity contribution in [2.24, 2.45) is 0 Å². The summed E-state index contributed by atoms with van der Waals surface area (Å²) in [5, 5.41) is 14.4. The third-order valence-electron chi connectivity index (χ3n) is 4.97. The second-order valence-corrected chi connectivity index (χ2v) is 6.92. The first kappa shape index (κ1) is 19.3. The molecule has 1 amide bonds. The molecule has 2 heterocycles. The van der Waals surface area contributed by atoms with Gasteiger partial charge in [-0.2, -0.15) is 10.4 Å². The summed E-state index contributed by atoms with van der Waals surface area (Å²) in [5.74, 6) is -0.208. The van der Waals surface area contributed by atoms with E-state index < -0.39 is 0 Å². The minimum atomic E-state index is -0.208. The van der Waals surface area contributed by atoms with Crippen LogP contribution in [-0.2, 0) is 13.1 Å². The second-order valence-electron chi connectivity index (χ2n) is 6.92. The minimum absolute atomic E-state index is 0.000128. The summed E-state index contributed by atoms with van der Waals surface area (Å²) in [5.41, 5.74) is 3.77. The summed E-state index contributed by atoms with van der Waals surface area (Å²) in [6.07, 6.45) is 1.68. The molecule has 0 saturated carbocycles. The number of fused-ring (bicyclic) bond motifs is 1.